The van der Waals surface area contributed by atoms with Gasteiger partial charge in [0.15, 0.2) is 0 Å². The molecule has 16 heavy (non-hydrogen) atoms. The lowest BCUT2D eigenvalue weighted by atomic mass is 9.90. The van der Waals surface area contributed by atoms with Crippen LogP contribution in [0.1, 0.15) is 45.1 Å². The summed E-state index contributed by atoms with van der Waals surface area (Å²) < 4.78 is 0. The second-order valence-electron chi connectivity index (χ2n) is 4.15. The Hall–Kier alpha value is -0.600. The second-order valence-corrected chi connectivity index (χ2v) is 4.56. The lowest BCUT2D eigenvalue weighted by molar-refractivity contribution is 0.450. The van der Waals surface area contributed by atoms with Gasteiger partial charge in [-0.2, -0.15) is 0 Å². The van der Waals surface area contributed by atoms with Crippen LogP contribution in [0.2, 0.25) is 5.02 Å². The zero-order valence-electron chi connectivity index (χ0n) is 10.3. The first kappa shape index (κ1) is 13.5. The van der Waals surface area contributed by atoms with Crippen LogP contribution in [0.5, 0.6) is 0 Å². The number of hydrogen-bond acceptors (Lipinski definition) is 2. The van der Waals surface area contributed by atoms with Crippen molar-refractivity contribution >= 4 is 11.6 Å². The minimum atomic E-state index is 0.449. The van der Waals surface area contributed by atoms with E-state index in [0.29, 0.717) is 12.0 Å². The van der Waals surface area contributed by atoms with Crippen molar-refractivity contribution in [2.24, 2.45) is 0 Å². The number of hydrogen-bond donors (Lipinski definition) is 1. The Morgan fingerprint density at radius 3 is 2.75 bits per heavy atom. The first-order valence-corrected chi connectivity index (χ1v) is 6.41. The quantitative estimate of drug-likeness (QED) is 0.822. The molecule has 0 spiro atoms. The van der Waals surface area contributed by atoms with Crippen LogP contribution in [-0.2, 0) is 0 Å². The molecule has 0 radical (unpaired) electrons. The SMILES string of the molecule is CCCNC(C)C(CC)c1ccncc1Cl. The molecule has 3 heteroatoms. The van der Waals surface area contributed by atoms with Crippen molar-refractivity contribution in [2.75, 3.05) is 6.54 Å². The third kappa shape index (κ3) is 3.46. The van der Waals surface area contributed by atoms with Crippen LogP contribution in [0.3, 0.4) is 0 Å². The van der Waals surface area contributed by atoms with Crippen LogP contribution in [-0.4, -0.2) is 17.6 Å². The summed E-state index contributed by atoms with van der Waals surface area (Å²) in [5.74, 6) is 0.460. The summed E-state index contributed by atoms with van der Waals surface area (Å²) >= 11 is 6.19. The van der Waals surface area contributed by atoms with E-state index in [2.05, 4.69) is 31.1 Å². The van der Waals surface area contributed by atoms with Crippen molar-refractivity contribution < 1.29 is 0 Å². The summed E-state index contributed by atoms with van der Waals surface area (Å²) in [7, 11) is 0. The molecule has 2 atom stereocenters. The Bertz CT molecular complexity index is 315. The molecule has 1 aromatic rings. The number of nitrogens with zero attached hydrogens (tertiary/aromatic N) is 1. The van der Waals surface area contributed by atoms with Crippen LogP contribution >= 0.6 is 11.6 Å². The monoisotopic (exact) mass is 240 g/mol. The third-order valence-electron chi connectivity index (χ3n) is 2.96. The fraction of sp³-hybridized carbons (Fsp3) is 0.615. The molecule has 0 saturated heterocycles. The summed E-state index contributed by atoms with van der Waals surface area (Å²) in [5, 5.41) is 4.31. The molecular weight excluding hydrogens is 220 g/mol. The van der Waals surface area contributed by atoms with E-state index in [1.54, 1.807) is 6.20 Å². The minimum Gasteiger partial charge on any atom is -0.314 e. The molecule has 0 bridgehead atoms. The Balaban J connectivity index is 2.77. The molecule has 1 rings (SSSR count). The van der Waals surface area contributed by atoms with Crippen molar-refractivity contribution in [1.29, 1.82) is 0 Å². The molecule has 1 N–H and O–H groups in total. The van der Waals surface area contributed by atoms with Crippen molar-refractivity contribution in [3.8, 4) is 0 Å². The number of rotatable bonds is 6. The van der Waals surface area contributed by atoms with E-state index in [0.717, 1.165) is 24.4 Å². The van der Waals surface area contributed by atoms with Crippen molar-refractivity contribution in [1.82, 2.24) is 10.3 Å². The van der Waals surface area contributed by atoms with Gasteiger partial charge in [-0.15, -0.1) is 0 Å². The van der Waals surface area contributed by atoms with E-state index in [4.69, 9.17) is 11.6 Å². The van der Waals surface area contributed by atoms with Gasteiger partial charge in [-0.1, -0.05) is 25.4 Å². The average molecular weight is 241 g/mol. The zero-order chi connectivity index (χ0) is 12.0. The molecule has 90 valence electrons. The molecule has 0 saturated carbocycles. The Morgan fingerprint density at radius 2 is 2.19 bits per heavy atom. The maximum absolute atomic E-state index is 6.19. The lowest BCUT2D eigenvalue weighted by Gasteiger charge is -2.24. The molecular formula is C13H21ClN2. The maximum atomic E-state index is 6.19. The highest BCUT2D eigenvalue weighted by atomic mass is 35.5. The molecule has 1 aromatic heterocycles. The van der Waals surface area contributed by atoms with Crippen LogP contribution in [0.25, 0.3) is 0 Å². The Labute approximate surface area is 103 Å². The van der Waals surface area contributed by atoms with Gasteiger partial charge in [-0.25, -0.2) is 0 Å². The predicted molar refractivity (Wildman–Crippen MR) is 70.0 cm³/mol. The molecule has 0 aliphatic carbocycles. The van der Waals surface area contributed by atoms with Crippen LogP contribution in [0.4, 0.5) is 0 Å². The predicted octanol–water partition coefficient (Wildman–Crippen LogP) is 3.62. The van der Waals surface area contributed by atoms with Crippen molar-refractivity contribution in [3.05, 3.63) is 29.0 Å². The Kier molecular flexibility index (Phi) is 5.78. The summed E-state index contributed by atoms with van der Waals surface area (Å²) in [4.78, 5) is 4.03. The standard InChI is InChI=1S/C13H21ClN2/c1-4-7-16-10(3)11(5-2)12-6-8-15-9-13(12)14/h6,8-11,16H,4-5,7H2,1-3H3. The summed E-state index contributed by atoms with van der Waals surface area (Å²) in [6, 6.07) is 2.48. The van der Waals surface area contributed by atoms with Crippen LogP contribution in [0, 0.1) is 0 Å². The molecule has 2 unspecified atom stereocenters. The molecule has 0 fully saturated rings. The van der Waals surface area contributed by atoms with E-state index in [1.807, 2.05) is 12.3 Å². The average Bonchev–Trinajstić information content (AvgIpc) is 2.30. The molecule has 0 aliphatic heterocycles. The van der Waals surface area contributed by atoms with E-state index in [1.165, 1.54) is 5.56 Å². The van der Waals surface area contributed by atoms with E-state index < -0.39 is 0 Å². The van der Waals surface area contributed by atoms with Crippen molar-refractivity contribution in [2.45, 2.75) is 45.6 Å². The second kappa shape index (κ2) is 6.87. The van der Waals surface area contributed by atoms with Gasteiger partial charge in [0.2, 0.25) is 0 Å². The minimum absolute atomic E-state index is 0.449. The highest BCUT2D eigenvalue weighted by Crippen LogP contribution is 2.28. The molecule has 2 nitrogen and oxygen atoms in total. The molecule has 0 amide bonds. The number of halogens is 1. The third-order valence-corrected chi connectivity index (χ3v) is 3.28. The van der Waals surface area contributed by atoms with Crippen LogP contribution in [0.15, 0.2) is 18.5 Å². The summed E-state index contributed by atoms with van der Waals surface area (Å²) in [6.07, 6.45) is 5.79. The van der Waals surface area contributed by atoms with Gasteiger partial charge in [0.05, 0.1) is 5.02 Å². The topological polar surface area (TPSA) is 24.9 Å². The molecule has 0 aliphatic rings. The van der Waals surface area contributed by atoms with Gasteiger partial charge in [0.25, 0.3) is 0 Å². The van der Waals surface area contributed by atoms with Gasteiger partial charge < -0.3 is 5.32 Å². The van der Waals surface area contributed by atoms with E-state index in [-0.39, 0.29) is 0 Å². The van der Waals surface area contributed by atoms with E-state index >= 15 is 0 Å². The summed E-state index contributed by atoms with van der Waals surface area (Å²) in [6.45, 7) is 7.66. The molecule has 0 aromatic carbocycles. The van der Waals surface area contributed by atoms with Crippen molar-refractivity contribution in [3.63, 3.8) is 0 Å². The first-order valence-electron chi connectivity index (χ1n) is 6.03. The fourth-order valence-corrected chi connectivity index (χ4v) is 2.30. The fourth-order valence-electron chi connectivity index (χ4n) is 2.04. The van der Waals surface area contributed by atoms with Gasteiger partial charge in [-0.05, 0) is 37.9 Å². The molecule has 1 heterocycles. The highest BCUT2D eigenvalue weighted by molar-refractivity contribution is 6.31. The Morgan fingerprint density at radius 1 is 1.44 bits per heavy atom. The van der Waals surface area contributed by atoms with Gasteiger partial charge in [-0.3, -0.25) is 4.98 Å². The number of nitrogens with one attached hydrogen (secondary N) is 1. The number of aromatic nitrogens is 1. The van der Waals surface area contributed by atoms with Crippen LogP contribution < -0.4 is 5.32 Å². The highest BCUT2D eigenvalue weighted by Gasteiger charge is 2.19. The lowest BCUT2D eigenvalue weighted by Crippen LogP contribution is -2.32. The number of pyridine rings is 1. The zero-order valence-corrected chi connectivity index (χ0v) is 11.1. The smallest absolute Gasteiger partial charge is 0.0624 e. The normalized spacial score (nSPS) is 14.8. The van der Waals surface area contributed by atoms with Gasteiger partial charge in [0, 0.05) is 24.4 Å². The first-order chi connectivity index (χ1) is 7.70. The van der Waals surface area contributed by atoms with E-state index in [9.17, 15) is 0 Å². The van der Waals surface area contributed by atoms with Gasteiger partial charge in [0.1, 0.15) is 0 Å². The van der Waals surface area contributed by atoms with Gasteiger partial charge >= 0.3 is 0 Å². The largest absolute Gasteiger partial charge is 0.314 e. The maximum Gasteiger partial charge on any atom is 0.0624 e. The summed E-state index contributed by atoms with van der Waals surface area (Å²) in [5.41, 5.74) is 1.20.